The minimum Gasteiger partial charge on any atom is -0.322 e. The second kappa shape index (κ2) is 5.75. The Morgan fingerprint density at radius 1 is 1.45 bits per heavy atom. The first-order valence-corrected chi connectivity index (χ1v) is 6.33. The second-order valence-corrected chi connectivity index (χ2v) is 4.74. The highest BCUT2D eigenvalue weighted by molar-refractivity contribution is 6.30. The van der Waals surface area contributed by atoms with Gasteiger partial charge >= 0.3 is 5.95 Å². The molecule has 0 spiro atoms. The molecule has 0 saturated carbocycles. The van der Waals surface area contributed by atoms with Crippen LogP contribution in [0.5, 0.6) is 0 Å². The van der Waals surface area contributed by atoms with Gasteiger partial charge in [0.25, 0.3) is 11.5 Å². The fraction of sp³-hybridized carbons (Fsp3) is 0.154. The van der Waals surface area contributed by atoms with Crippen molar-refractivity contribution in [3.8, 4) is 0 Å². The van der Waals surface area contributed by atoms with Gasteiger partial charge in [-0.3, -0.25) is 10.1 Å². The third-order valence-corrected chi connectivity index (χ3v) is 2.99. The lowest BCUT2D eigenvalue weighted by molar-refractivity contribution is -0.365. The number of rotatable bonds is 2. The van der Waals surface area contributed by atoms with Crippen LogP contribution in [-0.4, -0.2) is 15.9 Å². The maximum absolute atomic E-state index is 11.6. The van der Waals surface area contributed by atoms with E-state index in [-0.39, 0.29) is 17.5 Å². The topological polar surface area (TPSA) is 97.8 Å². The van der Waals surface area contributed by atoms with Crippen LogP contribution in [0.2, 0.25) is 5.02 Å². The van der Waals surface area contributed by atoms with Crippen LogP contribution >= 0.6 is 11.6 Å². The number of anilines is 1. The summed E-state index contributed by atoms with van der Waals surface area (Å²) in [6.45, 7) is 3.47. The Labute approximate surface area is 120 Å². The number of nitrogens with one attached hydrogen (secondary N) is 3. The summed E-state index contributed by atoms with van der Waals surface area (Å²) in [6.07, 6.45) is 0. The lowest BCUT2D eigenvalue weighted by Gasteiger charge is -2.02. The van der Waals surface area contributed by atoms with Crippen molar-refractivity contribution in [2.24, 2.45) is 5.73 Å². The molecule has 0 aliphatic rings. The second-order valence-electron chi connectivity index (χ2n) is 4.30. The van der Waals surface area contributed by atoms with Crippen molar-refractivity contribution >= 4 is 29.2 Å². The standard InChI is InChI=1S/C13H14ClN5O/c1-7-8(2)16-13(18-11(7)20)19-12(15)17-10-5-3-4-9(14)6-10/h3-6H,1-2H3,(H4,15,16,17,18,19,20)/p+1. The molecule has 0 amide bonds. The predicted molar refractivity (Wildman–Crippen MR) is 79.2 cm³/mol. The Balaban J connectivity index is 2.25. The van der Waals surface area contributed by atoms with Crippen LogP contribution in [0, 0.1) is 13.8 Å². The van der Waals surface area contributed by atoms with Crippen molar-refractivity contribution in [1.29, 1.82) is 0 Å². The Hall–Kier alpha value is -2.34. The zero-order chi connectivity index (χ0) is 14.7. The van der Waals surface area contributed by atoms with Gasteiger partial charge in [0.15, 0.2) is 0 Å². The van der Waals surface area contributed by atoms with Gasteiger partial charge in [-0.15, -0.1) is 4.98 Å². The highest BCUT2D eigenvalue weighted by Crippen LogP contribution is 2.13. The summed E-state index contributed by atoms with van der Waals surface area (Å²) in [5.74, 6) is 0.517. The summed E-state index contributed by atoms with van der Waals surface area (Å²) in [5, 5.41) is 3.52. The van der Waals surface area contributed by atoms with Crippen molar-refractivity contribution in [3.05, 3.63) is 50.9 Å². The van der Waals surface area contributed by atoms with E-state index in [1.54, 1.807) is 32.0 Å². The lowest BCUT2D eigenvalue weighted by atomic mass is 10.3. The molecule has 0 radical (unpaired) electrons. The molecule has 0 bridgehead atoms. The fourth-order valence-corrected chi connectivity index (χ4v) is 1.78. The first kappa shape index (κ1) is 14.1. The van der Waals surface area contributed by atoms with Crippen LogP contribution in [0.4, 0.5) is 11.6 Å². The molecule has 104 valence electrons. The van der Waals surface area contributed by atoms with Gasteiger partial charge in [0.2, 0.25) is 0 Å². The average Bonchev–Trinajstić information content (AvgIpc) is 2.35. The molecule has 5 N–H and O–H groups in total. The summed E-state index contributed by atoms with van der Waals surface area (Å²) in [6, 6.07) is 7.11. The third-order valence-electron chi connectivity index (χ3n) is 2.75. The Kier molecular flexibility index (Phi) is 4.05. The fourth-order valence-electron chi connectivity index (χ4n) is 1.58. The number of halogens is 1. The summed E-state index contributed by atoms with van der Waals surface area (Å²) in [4.78, 5) is 21.2. The van der Waals surface area contributed by atoms with E-state index in [1.165, 1.54) is 0 Å². The Bertz CT molecular complexity index is 723. The van der Waals surface area contributed by atoms with Crippen LogP contribution in [-0.2, 0) is 0 Å². The monoisotopic (exact) mass is 292 g/mol. The number of guanidine groups is 1. The number of H-pyrrole nitrogens is 1. The molecule has 2 rings (SSSR count). The van der Waals surface area contributed by atoms with Crippen LogP contribution in [0.15, 0.2) is 29.1 Å². The van der Waals surface area contributed by atoms with Gasteiger partial charge in [0.1, 0.15) is 0 Å². The van der Waals surface area contributed by atoms with Crippen molar-refractivity contribution in [1.82, 2.24) is 9.97 Å². The van der Waals surface area contributed by atoms with E-state index in [0.717, 1.165) is 5.69 Å². The number of aryl methyl sites for hydroxylation is 1. The minimum absolute atomic E-state index is 0.199. The van der Waals surface area contributed by atoms with Gasteiger partial charge in [-0.2, -0.15) is 0 Å². The first-order valence-electron chi connectivity index (χ1n) is 5.95. The van der Waals surface area contributed by atoms with E-state index < -0.39 is 0 Å². The number of nitrogens with zero attached hydrogens (tertiary/aromatic N) is 1. The highest BCUT2D eigenvalue weighted by Gasteiger charge is 2.08. The summed E-state index contributed by atoms with van der Waals surface area (Å²) < 4.78 is 0. The first-order chi connectivity index (χ1) is 9.45. The maximum atomic E-state index is 11.6. The molecule has 1 aromatic heterocycles. The molecule has 0 aliphatic carbocycles. The van der Waals surface area contributed by atoms with Crippen LogP contribution < -0.4 is 21.6 Å². The molecule has 0 aliphatic heterocycles. The zero-order valence-corrected chi connectivity index (χ0v) is 11.9. The quantitative estimate of drug-likeness (QED) is 0.469. The molecule has 20 heavy (non-hydrogen) atoms. The molecule has 2 aromatic rings. The van der Waals surface area contributed by atoms with Gasteiger partial charge in [-0.1, -0.05) is 17.7 Å². The molecule has 0 unspecified atom stereocenters. The van der Waals surface area contributed by atoms with Gasteiger partial charge in [-0.25, -0.2) is 9.98 Å². The number of aromatic amines is 1. The van der Waals surface area contributed by atoms with Gasteiger partial charge < -0.3 is 5.73 Å². The van der Waals surface area contributed by atoms with E-state index >= 15 is 0 Å². The van der Waals surface area contributed by atoms with E-state index in [9.17, 15) is 4.79 Å². The maximum Gasteiger partial charge on any atom is 0.325 e. The Morgan fingerprint density at radius 2 is 2.20 bits per heavy atom. The summed E-state index contributed by atoms with van der Waals surface area (Å²) >= 11 is 5.88. The minimum atomic E-state index is -0.199. The Morgan fingerprint density at radius 3 is 2.85 bits per heavy atom. The molecule has 0 fully saturated rings. The van der Waals surface area contributed by atoms with Crippen LogP contribution in [0.25, 0.3) is 0 Å². The molecule has 0 saturated heterocycles. The van der Waals surface area contributed by atoms with Crippen molar-refractivity contribution in [2.75, 3.05) is 5.32 Å². The number of aromatic nitrogens is 2. The van der Waals surface area contributed by atoms with Crippen molar-refractivity contribution in [3.63, 3.8) is 0 Å². The van der Waals surface area contributed by atoms with Crippen LogP contribution in [0.3, 0.4) is 0 Å². The van der Waals surface area contributed by atoms with E-state index in [1.807, 2.05) is 6.07 Å². The van der Waals surface area contributed by atoms with Crippen molar-refractivity contribution in [2.45, 2.75) is 13.8 Å². The predicted octanol–water partition coefficient (Wildman–Crippen LogP) is 0.179. The number of nitrogens with two attached hydrogens (primary N) is 1. The molecule has 6 nitrogen and oxygen atoms in total. The molecule has 0 atom stereocenters. The third kappa shape index (κ3) is 3.36. The highest BCUT2D eigenvalue weighted by atomic mass is 35.5. The molecular weight excluding hydrogens is 278 g/mol. The lowest BCUT2D eigenvalue weighted by Crippen LogP contribution is -2.73. The van der Waals surface area contributed by atoms with Crippen molar-refractivity contribution < 1.29 is 4.99 Å². The molecule has 1 heterocycles. The van der Waals surface area contributed by atoms with Gasteiger partial charge in [-0.05, 0) is 32.0 Å². The van der Waals surface area contributed by atoms with E-state index in [0.29, 0.717) is 16.3 Å². The SMILES string of the molecule is Cc1nc([NH+]=C(N)Nc2cccc(Cl)c2)[nH]c(=O)c1C. The van der Waals surface area contributed by atoms with E-state index in [2.05, 4.69) is 20.3 Å². The van der Waals surface area contributed by atoms with Gasteiger partial charge in [0.05, 0.1) is 16.9 Å². The summed E-state index contributed by atoms with van der Waals surface area (Å²) in [7, 11) is 0. The molecule has 7 heteroatoms. The summed E-state index contributed by atoms with van der Waals surface area (Å²) in [5.41, 5.74) is 7.57. The largest absolute Gasteiger partial charge is 0.325 e. The number of benzene rings is 1. The average molecular weight is 293 g/mol. The number of hydrogen-bond donors (Lipinski definition) is 4. The molecule has 1 aromatic carbocycles. The smallest absolute Gasteiger partial charge is 0.322 e. The van der Waals surface area contributed by atoms with E-state index in [4.69, 9.17) is 17.3 Å². The van der Waals surface area contributed by atoms with Gasteiger partial charge in [0, 0.05) is 5.02 Å². The van der Waals surface area contributed by atoms with Crippen LogP contribution in [0.1, 0.15) is 11.3 Å². The number of hydrogen-bond acceptors (Lipinski definition) is 2. The molecular formula is C13H15ClN5O+. The normalized spacial score (nSPS) is 11.4. The zero-order valence-electron chi connectivity index (χ0n) is 11.1.